The largest absolute Gasteiger partial charge is 0.481 e. The van der Waals surface area contributed by atoms with Crippen LogP contribution in [0.3, 0.4) is 0 Å². The number of aliphatic hydroxyl groups is 1. The molecule has 4 N–H and O–H groups in total. The third kappa shape index (κ3) is 10.2. The van der Waals surface area contributed by atoms with Crippen molar-refractivity contribution in [3.63, 3.8) is 0 Å². The molecule has 0 aliphatic carbocycles. The number of hydrogen-bond acceptors (Lipinski definition) is 8. The molecule has 1 aromatic heterocycles. The van der Waals surface area contributed by atoms with Gasteiger partial charge in [-0.2, -0.15) is 0 Å². The average molecular weight is 510 g/mol. The summed E-state index contributed by atoms with van der Waals surface area (Å²) in [4.78, 5) is 52.4. The summed E-state index contributed by atoms with van der Waals surface area (Å²) in [5.74, 6) is -4.88. The zero-order valence-electron chi connectivity index (χ0n) is 20.1. The molecule has 0 bridgehead atoms. The predicted molar refractivity (Wildman–Crippen MR) is 129 cm³/mol. The highest BCUT2D eigenvalue weighted by Crippen LogP contribution is 2.28. The van der Waals surface area contributed by atoms with E-state index in [1.165, 1.54) is 0 Å². The van der Waals surface area contributed by atoms with Gasteiger partial charge in [-0.25, -0.2) is 9.78 Å². The summed E-state index contributed by atoms with van der Waals surface area (Å²) in [5, 5.41) is 34.8. The molecule has 11 nitrogen and oxygen atoms in total. The number of rotatable bonds is 11. The Morgan fingerprint density at radius 2 is 1.49 bits per heavy atom. The number of hydrogen-bond donors (Lipinski definition) is 4. The zero-order valence-corrected chi connectivity index (χ0v) is 20.9. The lowest BCUT2D eigenvalue weighted by Gasteiger charge is -2.19. The molecule has 1 aromatic carbocycles. The van der Waals surface area contributed by atoms with Crippen molar-refractivity contribution in [1.29, 1.82) is 0 Å². The molecule has 192 valence electrons. The van der Waals surface area contributed by atoms with E-state index in [1.54, 1.807) is 16.2 Å². The van der Waals surface area contributed by atoms with Gasteiger partial charge in [0.15, 0.2) is 5.60 Å². The van der Waals surface area contributed by atoms with Crippen LogP contribution >= 0.6 is 11.3 Å². The van der Waals surface area contributed by atoms with Gasteiger partial charge in [-0.05, 0) is 21.0 Å². The predicted octanol–water partition coefficient (Wildman–Crippen LogP) is 1.43. The molecule has 0 aliphatic rings. The maximum Gasteiger partial charge on any atom is 0.336 e. The molecule has 0 aliphatic heterocycles. The van der Waals surface area contributed by atoms with Crippen LogP contribution in [-0.4, -0.2) is 98.9 Å². The minimum absolute atomic E-state index is 0.141. The minimum atomic E-state index is -2.74. The lowest BCUT2D eigenvalue weighted by molar-refractivity contribution is -0.170. The van der Waals surface area contributed by atoms with E-state index in [1.807, 2.05) is 58.4 Å². The fraction of sp³-hybridized carbons (Fsp3) is 0.435. The smallest absolute Gasteiger partial charge is 0.336 e. The molecule has 0 unspecified atom stereocenters. The highest BCUT2D eigenvalue weighted by molar-refractivity contribution is 7.12. The molecule has 0 saturated carbocycles. The van der Waals surface area contributed by atoms with Crippen LogP contribution in [0.15, 0.2) is 30.3 Å². The fourth-order valence-electron chi connectivity index (χ4n) is 2.87. The van der Waals surface area contributed by atoms with Gasteiger partial charge in [0.1, 0.15) is 0 Å². The number of carboxylic acid groups (broad SMARTS) is 3. The second kappa shape index (κ2) is 13.5. The molecule has 0 fully saturated rings. The lowest BCUT2D eigenvalue weighted by atomic mass is 9.96. The number of carbonyl (C=O) groups excluding carboxylic acids is 1. The number of aromatic nitrogens is 1. The first-order valence-corrected chi connectivity index (χ1v) is 11.4. The summed E-state index contributed by atoms with van der Waals surface area (Å²) in [6.07, 6.45) is -1.87. The monoisotopic (exact) mass is 509 g/mol. The van der Waals surface area contributed by atoms with Crippen molar-refractivity contribution in [2.45, 2.75) is 31.8 Å². The Bertz CT molecular complexity index is 1010. The summed E-state index contributed by atoms with van der Waals surface area (Å²) < 4.78 is 0. The first kappa shape index (κ1) is 29.7. The van der Waals surface area contributed by atoms with Crippen molar-refractivity contribution in [2.24, 2.45) is 0 Å². The van der Waals surface area contributed by atoms with E-state index < -0.39 is 36.4 Å². The summed E-state index contributed by atoms with van der Waals surface area (Å²) >= 11 is 1.61. The number of aryl methyl sites for hydroxylation is 1. The van der Waals surface area contributed by atoms with Gasteiger partial charge < -0.3 is 30.2 Å². The van der Waals surface area contributed by atoms with E-state index in [4.69, 9.17) is 20.4 Å². The van der Waals surface area contributed by atoms with E-state index in [-0.39, 0.29) is 5.91 Å². The van der Waals surface area contributed by atoms with Crippen LogP contribution in [0.4, 0.5) is 0 Å². The van der Waals surface area contributed by atoms with Crippen molar-refractivity contribution in [1.82, 2.24) is 14.8 Å². The van der Waals surface area contributed by atoms with E-state index >= 15 is 0 Å². The van der Waals surface area contributed by atoms with Gasteiger partial charge >= 0.3 is 17.9 Å². The number of carboxylic acids is 3. The number of benzene rings is 1. The third-order valence-electron chi connectivity index (χ3n) is 4.76. The van der Waals surface area contributed by atoms with Gasteiger partial charge in [0.25, 0.3) is 0 Å². The maximum absolute atomic E-state index is 12.4. The molecule has 0 atom stereocenters. The third-order valence-corrected chi connectivity index (χ3v) is 5.73. The van der Waals surface area contributed by atoms with Gasteiger partial charge in [-0.1, -0.05) is 30.3 Å². The first-order valence-electron chi connectivity index (χ1n) is 10.5. The average Bonchev–Trinajstić information content (AvgIpc) is 3.11. The van der Waals surface area contributed by atoms with E-state index in [2.05, 4.69) is 9.88 Å². The fourth-order valence-corrected chi connectivity index (χ4v) is 3.82. The van der Waals surface area contributed by atoms with Gasteiger partial charge in [-0.3, -0.25) is 14.4 Å². The van der Waals surface area contributed by atoms with Gasteiger partial charge in [0.05, 0.1) is 30.0 Å². The molecule has 1 heterocycles. The van der Waals surface area contributed by atoms with E-state index in [0.717, 1.165) is 34.2 Å². The molecule has 0 radical (unpaired) electrons. The molecular weight excluding hydrogens is 478 g/mol. The Labute approximate surface area is 207 Å². The van der Waals surface area contributed by atoms with Crippen molar-refractivity contribution >= 4 is 35.2 Å². The highest BCUT2D eigenvalue weighted by Gasteiger charge is 2.40. The van der Waals surface area contributed by atoms with E-state index in [0.29, 0.717) is 6.42 Å². The number of nitrogens with zero attached hydrogens (tertiary/aromatic N) is 3. The molecule has 1 amide bonds. The Balaban J connectivity index is 0.000000405. The second-order valence-electron chi connectivity index (χ2n) is 8.14. The molecule has 12 heteroatoms. The summed E-state index contributed by atoms with van der Waals surface area (Å²) in [6, 6.07) is 10.1. The van der Waals surface area contributed by atoms with Gasteiger partial charge in [0.2, 0.25) is 5.91 Å². The number of aliphatic carboxylic acids is 3. The Kier molecular flexibility index (Phi) is 11.5. The van der Waals surface area contributed by atoms with Crippen LogP contribution in [0.5, 0.6) is 0 Å². The van der Waals surface area contributed by atoms with Crippen LogP contribution < -0.4 is 0 Å². The van der Waals surface area contributed by atoms with Crippen LogP contribution in [0.2, 0.25) is 0 Å². The SMILES string of the molecule is Cc1nc(-c2ccccc2)c(CC(=O)N(C)CCN(C)C)s1.O=C(O)CC(O)(CC(=O)O)C(=O)O. The van der Waals surface area contributed by atoms with Crippen LogP contribution in [-0.2, 0) is 25.6 Å². The van der Waals surface area contributed by atoms with Crippen LogP contribution in [0.25, 0.3) is 11.3 Å². The van der Waals surface area contributed by atoms with Gasteiger partial charge in [-0.15, -0.1) is 11.3 Å². The standard InChI is InChI=1S/C17H23N3OS.C6H8O7/c1-13-18-17(14-8-6-5-7-9-14)15(22-13)12-16(21)20(4)11-10-19(2)3;7-3(8)1-6(13,5(11)12)2-4(9)10/h5-9H,10-12H2,1-4H3;13H,1-2H2,(H,7,8)(H,9,10)(H,11,12). The summed E-state index contributed by atoms with van der Waals surface area (Å²) in [7, 11) is 5.89. The number of thiazole rings is 1. The lowest BCUT2D eigenvalue weighted by Crippen LogP contribution is -2.42. The Morgan fingerprint density at radius 1 is 0.943 bits per heavy atom. The molecular formula is C23H31N3O8S. The number of amides is 1. The molecule has 2 aromatic rings. The zero-order chi connectivity index (χ0) is 26.8. The second-order valence-corrected chi connectivity index (χ2v) is 9.43. The summed E-state index contributed by atoms with van der Waals surface area (Å²) in [5.41, 5.74) is -0.722. The van der Waals surface area contributed by atoms with Crippen molar-refractivity contribution in [3.8, 4) is 11.3 Å². The Hall–Kier alpha value is -3.35. The molecule has 0 saturated heterocycles. The quantitative estimate of drug-likeness (QED) is 0.348. The normalized spacial score (nSPS) is 10.9. The maximum atomic E-state index is 12.4. The molecule has 2 rings (SSSR count). The number of likely N-dealkylation sites (N-methyl/N-ethyl adjacent to an activating group) is 2. The highest BCUT2D eigenvalue weighted by atomic mass is 32.1. The minimum Gasteiger partial charge on any atom is -0.481 e. The van der Waals surface area contributed by atoms with Crippen LogP contribution in [0.1, 0.15) is 22.7 Å². The van der Waals surface area contributed by atoms with Crippen molar-refractivity contribution in [2.75, 3.05) is 34.2 Å². The van der Waals surface area contributed by atoms with Crippen LogP contribution in [0, 0.1) is 6.92 Å². The summed E-state index contributed by atoms with van der Waals surface area (Å²) in [6.45, 7) is 3.60. The topological polar surface area (TPSA) is 169 Å². The van der Waals surface area contributed by atoms with E-state index in [9.17, 15) is 19.2 Å². The van der Waals surface area contributed by atoms with Crippen molar-refractivity contribution < 1.29 is 39.6 Å². The van der Waals surface area contributed by atoms with Crippen molar-refractivity contribution in [3.05, 3.63) is 40.2 Å². The molecule has 0 spiro atoms. The first-order chi connectivity index (χ1) is 16.2. The number of carbonyl (C=O) groups is 4. The van der Waals surface area contributed by atoms with Gasteiger partial charge in [0, 0.05) is 30.6 Å². The molecule has 35 heavy (non-hydrogen) atoms. The Morgan fingerprint density at radius 3 is 1.94 bits per heavy atom.